The number of halogens is 1. The Morgan fingerprint density at radius 3 is 2.63 bits per heavy atom. The Kier molecular flexibility index (Phi) is 6.14. The number of benzene rings is 2. The molecule has 0 aromatic heterocycles. The Labute approximate surface area is 165 Å². The lowest BCUT2D eigenvalue weighted by Crippen LogP contribution is -2.29. The third kappa shape index (κ3) is 4.31. The quantitative estimate of drug-likeness (QED) is 0.848. The first-order chi connectivity index (χ1) is 12.7. The first kappa shape index (κ1) is 19.4. The highest BCUT2D eigenvalue weighted by atomic mass is 35.5. The number of nitrogens with zero attached hydrogens (tertiary/aromatic N) is 1. The topological polar surface area (TPSA) is 61.4 Å². The summed E-state index contributed by atoms with van der Waals surface area (Å²) in [6.07, 6.45) is 3.57. The normalized spacial score (nSPS) is 17.9. The van der Waals surface area contributed by atoms with Crippen LogP contribution < -0.4 is 15.5 Å². The summed E-state index contributed by atoms with van der Waals surface area (Å²) in [4.78, 5) is 26.7. The Morgan fingerprint density at radius 1 is 1.11 bits per heavy atom. The highest BCUT2D eigenvalue weighted by Crippen LogP contribution is 2.29. The van der Waals surface area contributed by atoms with Gasteiger partial charge in [0, 0.05) is 35.9 Å². The van der Waals surface area contributed by atoms with Crippen LogP contribution in [0.25, 0.3) is 0 Å². The first-order valence-corrected chi connectivity index (χ1v) is 9.24. The molecule has 142 valence electrons. The fourth-order valence-electron chi connectivity index (χ4n) is 3.77. The Hall–Kier alpha value is -2.37. The predicted molar refractivity (Wildman–Crippen MR) is 110 cm³/mol. The zero-order valence-electron chi connectivity index (χ0n) is 15.1. The molecule has 2 aliphatic rings. The van der Waals surface area contributed by atoms with E-state index in [1.54, 1.807) is 24.3 Å². The van der Waals surface area contributed by atoms with Gasteiger partial charge in [-0.15, -0.1) is 12.4 Å². The number of anilines is 2. The molecule has 1 saturated heterocycles. The molecule has 27 heavy (non-hydrogen) atoms. The standard InChI is InChI=1S/C21H23N3O2.ClH/c25-20(14-18-5-3-12-22-18)23-17-9-7-16(8-10-17)21(26)24-13-11-15-4-1-2-6-19(15)24;/h1-2,4,6-10,18,22H,3,5,11-14H2,(H,23,25);1H. The third-order valence-electron chi connectivity index (χ3n) is 5.14. The number of nitrogens with one attached hydrogen (secondary N) is 2. The minimum absolute atomic E-state index is 0. The molecule has 0 radical (unpaired) electrons. The summed E-state index contributed by atoms with van der Waals surface area (Å²) in [5.41, 5.74) is 3.58. The minimum Gasteiger partial charge on any atom is -0.326 e. The van der Waals surface area contributed by atoms with Gasteiger partial charge in [-0.05, 0) is 61.7 Å². The molecule has 2 amide bonds. The van der Waals surface area contributed by atoms with E-state index in [2.05, 4.69) is 16.7 Å². The minimum atomic E-state index is 0. The molecular weight excluding hydrogens is 362 g/mol. The summed E-state index contributed by atoms with van der Waals surface area (Å²) in [5.74, 6) is 0.0138. The van der Waals surface area contributed by atoms with Gasteiger partial charge in [0.15, 0.2) is 0 Å². The van der Waals surface area contributed by atoms with E-state index in [0.717, 1.165) is 37.2 Å². The number of fused-ring (bicyclic) bond motifs is 1. The van der Waals surface area contributed by atoms with Crippen LogP contribution in [0.15, 0.2) is 48.5 Å². The molecule has 1 unspecified atom stereocenters. The number of hydrogen-bond acceptors (Lipinski definition) is 3. The molecule has 0 aliphatic carbocycles. The van der Waals surface area contributed by atoms with Crippen molar-refractivity contribution in [3.63, 3.8) is 0 Å². The van der Waals surface area contributed by atoms with Crippen LogP contribution in [-0.2, 0) is 11.2 Å². The van der Waals surface area contributed by atoms with E-state index in [-0.39, 0.29) is 30.3 Å². The second-order valence-corrected chi connectivity index (χ2v) is 6.96. The Bertz CT molecular complexity index is 816. The summed E-state index contributed by atoms with van der Waals surface area (Å²) in [6, 6.07) is 15.5. The summed E-state index contributed by atoms with van der Waals surface area (Å²) in [7, 11) is 0. The largest absolute Gasteiger partial charge is 0.326 e. The van der Waals surface area contributed by atoms with Gasteiger partial charge in [0.2, 0.25) is 5.91 Å². The molecule has 1 fully saturated rings. The van der Waals surface area contributed by atoms with Crippen molar-refractivity contribution in [2.45, 2.75) is 31.7 Å². The van der Waals surface area contributed by atoms with Crippen molar-refractivity contribution in [2.75, 3.05) is 23.3 Å². The predicted octanol–water partition coefficient (Wildman–Crippen LogP) is 3.39. The van der Waals surface area contributed by atoms with E-state index in [1.807, 2.05) is 23.1 Å². The number of para-hydroxylation sites is 1. The number of rotatable bonds is 4. The molecule has 2 heterocycles. The van der Waals surface area contributed by atoms with Crippen LogP contribution in [0.2, 0.25) is 0 Å². The molecule has 0 bridgehead atoms. The van der Waals surface area contributed by atoms with E-state index in [4.69, 9.17) is 0 Å². The molecule has 0 saturated carbocycles. The highest BCUT2D eigenvalue weighted by Gasteiger charge is 2.25. The van der Waals surface area contributed by atoms with E-state index in [1.165, 1.54) is 5.56 Å². The van der Waals surface area contributed by atoms with Crippen LogP contribution in [0.4, 0.5) is 11.4 Å². The molecule has 2 aromatic carbocycles. The second-order valence-electron chi connectivity index (χ2n) is 6.96. The lowest BCUT2D eigenvalue weighted by molar-refractivity contribution is -0.116. The van der Waals surface area contributed by atoms with E-state index < -0.39 is 0 Å². The van der Waals surface area contributed by atoms with Crippen LogP contribution in [0.3, 0.4) is 0 Å². The lowest BCUT2D eigenvalue weighted by atomic mass is 10.1. The monoisotopic (exact) mass is 385 g/mol. The molecule has 0 spiro atoms. The number of carbonyl (C=O) groups is 2. The van der Waals surface area contributed by atoms with Crippen molar-refractivity contribution in [2.24, 2.45) is 0 Å². The van der Waals surface area contributed by atoms with Gasteiger partial charge < -0.3 is 15.5 Å². The molecule has 6 heteroatoms. The molecule has 1 atom stereocenters. The molecule has 2 aliphatic heterocycles. The maximum atomic E-state index is 12.8. The van der Waals surface area contributed by atoms with Gasteiger partial charge in [0.1, 0.15) is 0 Å². The van der Waals surface area contributed by atoms with E-state index in [0.29, 0.717) is 18.5 Å². The van der Waals surface area contributed by atoms with Gasteiger partial charge in [-0.1, -0.05) is 18.2 Å². The smallest absolute Gasteiger partial charge is 0.258 e. The van der Waals surface area contributed by atoms with Crippen LogP contribution >= 0.6 is 12.4 Å². The Morgan fingerprint density at radius 2 is 1.89 bits per heavy atom. The van der Waals surface area contributed by atoms with Crippen molar-refractivity contribution < 1.29 is 9.59 Å². The van der Waals surface area contributed by atoms with E-state index >= 15 is 0 Å². The molecule has 4 rings (SSSR count). The van der Waals surface area contributed by atoms with Crippen molar-refractivity contribution in [1.29, 1.82) is 0 Å². The Balaban J connectivity index is 0.00000210. The summed E-state index contributed by atoms with van der Waals surface area (Å²) >= 11 is 0. The van der Waals surface area contributed by atoms with Crippen molar-refractivity contribution in [1.82, 2.24) is 5.32 Å². The maximum Gasteiger partial charge on any atom is 0.258 e. The van der Waals surface area contributed by atoms with Crippen LogP contribution in [-0.4, -0.2) is 30.9 Å². The average molecular weight is 386 g/mol. The van der Waals surface area contributed by atoms with Gasteiger partial charge in [-0.25, -0.2) is 0 Å². The zero-order valence-corrected chi connectivity index (χ0v) is 15.9. The highest BCUT2D eigenvalue weighted by molar-refractivity contribution is 6.07. The van der Waals surface area contributed by atoms with Crippen molar-refractivity contribution >= 4 is 35.6 Å². The zero-order chi connectivity index (χ0) is 17.9. The SMILES string of the molecule is Cl.O=C(CC1CCCN1)Nc1ccc(C(=O)N2CCc3ccccc32)cc1. The van der Waals surface area contributed by atoms with Crippen LogP contribution in [0.1, 0.15) is 35.2 Å². The van der Waals surface area contributed by atoms with E-state index in [9.17, 15) is 9.59 Å². The molecule has 5 nitrogen and oxygen atoms in total. The first-order valence-electron chi connectivity index (χ1n) is 9.24. The van der Waals surface area contributed by atoms with Crippen LogP contribution in [0, 0.1) is 0 Å². The van der Waals surface area contributed by atoms with Gasteiger partial charge in [0.25, 0.3) is 5.91 Å². The van der Waals surface area contributed by atoms with Crippen molar-refractivity contribution in [3.8, 4) is 0 Å². The number of amides is 2. The molecule has 2 N–H and O–H groups in total. The lowest BCUT2D eigenvalue weighted by Gasteiger charge is -2.17. The second kappa shape index (κ2) is 8.55. The summed E-state index contributed by atoms with van der Waals surface area (Å²) in [6.45, 7) is 1.71. The fourth-order valence-corrected chi connectivity index (χ4v) is 3.77. The fraction of sp³-hybridized carbons (Fsp3) is 0.333. The van der Waals surface area contributed by atoms with Gasteiger partial charge in [-0.2, -0.15) is 0 Å². The molecule has 2 aromatic rings. The van der Waals surface area contributed by atoms with Gasteiger partial charge in [0.05, 0.1) is 0 Å². The third-order valence-corrected chi connectivity index (χ3v) is 5.14. The van der Waals surface area contributed by atoms with Gasteiger partial charge >= 0.3 is 0 Å². The van der Waals surface area contributed by atoms with Crippen LogP contribution in [0.5, 0.6) is 0 Å². The maximum absolute atomic E-state index is 12.8. The summed E-state index contributed by atoms with van der Waals surface area (Å²) < 4.78 is 0. The summed E-state index contributed by atoms with van der Waals surface area (Å²) in [5, 5.41) is 6.24. The average Bonchev–Trinajstić information content (AvgIpc) is 3.31. The van der Waals surface area contributed by atoms with Gasteiger partial charge in [-0.3, -0.25) is 9.59 Å². The van der Waals surface area contributed by atoms with Crippen molar-refractivity contribution in [3.05, 3.63) is 59.7 Å². The number of hydrogen-bond donors (Lipinski definition) is 2. The molecular formula is C21H24ClN3O2. The number of carbonyl (C=O) groups excluding carboxylic acids is 2.